The number of carbonyl (C=O) groups excluding carboxylic acids is 1. The first-order valence-corrected chi connectivity index (χ1v) is 14.2. The van der Waals surface area contributed by atoms with Crippen LogP contribution in [0.2, 0.25) is 10.2 Å². The molecule has 1 aromatic heterocycles. The van der Waals surface area contributed by atoms with Crippen LogP contribution in [-0.4, -0.2) is 53.7 Å². The van der Waals surface area contributed by atoms with Crippen LogP contribution >= 0.6 is 35.0 Å². The molecule has 1 aliphatic heterocycles. The van der Waals surface area contributed by atoms with Crippen molar-refractivity contribution in [3.05, 3.63) is 94.2 Å². The molecule has 7 nitrogen and oxygen atoms in total. The summed E-state index contributed by atoms with van der Waals surface area (Å²) in [5.74, 6) is 0.298. The molecule has 1 fully saturated rings. The first-order chi connectivity index (χ1) is 19.0. The van der Waals surface area contributed by atoms with Crippen LogP contribution in [0, 0.1) is 0 Å². The van der Waals surface area contributed by atoms with E-state index in [9.17, 15) is 4.79 Å². The van der Waals surface area contributed by atoms with E-state index < -0.39 is 0 Å². The van der Waals surface area contributed by atoms with Crippen LogP contribution in [0.5, 0.6) is 0 Å². The minimum Gasteiger partial charge on any atom is -0.448 e. The number of hydrogen-bond donors (Lipinski definition) is 1. The SMILES string of the molecule is Nc1nc(Cl)cnc1Sc1cccc(N2CCN(C(=O)OCC3c4ccccc4-c4ccccc43)CC2)c1Cl. The molecular formula is C29H25Cl2N5O2S. The minimum absolute atomic E-state index is 0.0426. The average Bonchev–Trinajstić information content (AvgIpc) is 3.28. The van der Waals surface area contributed by atoms with Crippen molar-refractivity contribution in [3.8, 4) is 11.1 Å². The molecule has 10 heteroatoms. The second kappa shape index (κ2) is 11.0. The molecule has 1 aliphatic carbocycles. The Morgan fingerprint density at radius 3 is 2.28 bits per heavy atom. The molecule has 0 saturated carbocycles. The number of halogens is 2. The van der Waals surface area contributed by atoms with Gasteiger partial charge < -0.3 is 20.3 Å². The number of nitrogens with two attached hydrogens (primary N) is 1. The van der Waals surface area contributed by atoms with E-state index in [1.54, 1.807) is 4.90 Å². The number of benzene rings is 3. The van der Waals surface area contributed by atoms with Gasteiger partial charge in [-0.15, -0.1) is 0 Å². The highest BCUT2D eigenvalue weighted by molar-refractivity contribution is 7.99. The van der Waals surface area contributed by atoms with Gasteiger partial charge in [0.05, 0.1) is 16.9 Å². The molecule has 0 bridgehead atoms. The summed E-state index contributed by atoms with van der Waals surface area (Å²) in [6.07, 6.45) is 1.17. The van der Waals surface area contributed by atoms with Crippen LogP contribution in [0.4, 0.5) is 16.3 Å². The molecule has 0 unspecified atom stereocenters. The Bertz CT molecular complexity index is 1500. The molecular weight excluding hydrogens is 553 g/mol. The van der Waals surface area contributed by atoms with E-state index in [1.807, 2.05) is 42.5 Å². The summed E-state index contributed by atoms with van der Waals surface area (Å²) in [5.41, 5.74) is 11.7. The van der Waals surface area contributed by atoms with Gasteiger partial charge in [-0.2, -0.15) is 0 Å². The van der Waals surface area contributed by atoms with Crippen molar-refractivity contribution in [2.75, 3.05) is 43.4 Å². The molecule has 2 aliphatic rings. The fraction of sp³-hybridized carbons (Fsp3) is 0.207. The number of rotatable bonds is 5. The predicted octanol–water partition coefficient (Wildman–Crippen LogP) is 6.59. The first kappa shape index (κ1) is 25.8. The Kier molecular flexibility index (Phi) is 7.25. The Hall–Kier alpha value is -3.46. The van der Waals surface area contributed by atoms with E-state index in [1.165, 1.54) is 40.2 Å². The lowest BCUT2D eigenvalue weighted by atomic mass is 9.98. The molecule has 3 aromatic carbocycles. The number of ether oxygens (including phenoxy) is 1. The van der Waals surface area contributed by atoms with E-state index in [2.05, 4.69) is 39.1 Å². The molecule has 0 radical (unpaired) electrons. The zero-order valence-electron chi connectivity index (χ0n) is 20.9. The smallest absolute Gasteiger partial charge is 0.409 e. The largest absolute Gasteiger partial charge is 0.448 e. The average molecular weight is 579 g/mol. The zero-order chi connectivity index (χ0) is 26.9. The monoisotopic (exact) mass is 577 g/mol. The van der Waals surface area contributed by atoms with Gasteiger partial charge in [0.15, 0.2) is 5.82 Å². The predicted molar refractivity (Wildman–Crippen MR) is 156 cm³/mol. The van der Waals surface area contributed by atoms with Gasteiger partial charge in [-0.3, -0.25) is 0 Å². The van der Waals surface area contributed by atoms with Crippen LogP contribution in [0.15, 0.2) is 82.8 Å². The molecule has 1 saturated heterocycles. The number of anilines is 2. The summed E-state index contributed by atoms with van der Waals surface area (Å²) < 4.78 is 5.85. The van der Waals surface area contributed by atoms with Crippen LogP contribution in [-0.2, 0) is 4.74 Å². The lowest BCUT2D eigenvalue weighted by Crippen LogP contribution is -2.49. The van der Waals surface area contributed by atoms with Crippen molar-refractivity contribution in [3.63, 3.8) is 0 Å². The minimum atomic E-state index is -0.288. The molecule has 4 aromatic rings. The summed E-state index contributed by atoms with van der Waals surface area (Å²) in [6.45, 7) is 2.68. The fourth-order valence-electron chi connectivity index (χ4n) is 5.19. The second-order valence-electron chi connectivity index (χ2n) is 9.35. The van der Waals surface area contributed by atoms with E-state index in [0.717, 1.165) is 10.6 Å². The zero-order valence-corrected chi connectivity index (χ0v) is 23.2. The number of nitrogen functional groups attached to an aromatic ring is 1. The molecule has 0 spiro atoms. The summed E-state index contributed by atoms with van der Waals surface area (Å²) in [5, 5.41) is 1.39. The standard InChI is InChI=1S/C29H25Cl2N5O2S/c30-25-16-33-28(27(32)34-25)39-24-11-5-10-23(26(24)31)35-12-14-36(15-13-35)29(37)38-17-22-20-8-3-1-6-18(20)19-7-2-4-9-21(19)22/h1-11,16,22H,12-15,17H2,(H2,32,34). The molecule has 198 valence electrons. The Labute approximate surface area is 240 Å². The van der Waals surface area contributed by atoms with Crippen LogP contribution in [0.25, 0.3) is 11.1 Å². The van der Waals surface area contributed by atoms with Crippen molar-refractivity contribution in [1.29, 1.82) is 0 Å². The van der Waals surface area contributed by atoms with Gasteiger partial charge in [-0.25, -0.2) is 14.8 Å². The summed E-state index contributed by atoms with van der Waals surface area (Å²) in [7, 11) is 0. The maximum atomic E-state index is 13.0. The third-order valence-electron chi connectivity index (χ3n) is 7.10. The third-order valence-corrected chi connectivity index (χ3v) is 8.86. The summed E-state index contributed by atoms with van der Waals surface area (Å²) >= 11 is 14.0. The Morgan fingerprint density at radius 1 is 0.949 bits per heavy atom. The second-order valence-corrected chi connectivity index (χ2v) is 11.1. The molecule has 2 heterocycles. The van der Waals surface area contributed by atoms with Crippen LogP contribution in [0.1, 0.15) is 17.0 Å². The van der Waals surface area contributed by atoms with Crippen LogP contribution < -0.4 is 10.6 Å². The molecule has 0 atom stereocenters. The van der Waals surface area contributed by atoms with Crippen molar-refractivity contribution < 1.29 is 9.53 Å². The molecule has 1 amide bonds. The Balaban J connectivity index is 1.08. The van der Waals surface area contributed by atoms with Gasteiger partial charge in [-0.05, 0) is 34.4 Å². The van der Waals surface area contributed by atoms with Crippen LogP contribution in [0.3, 0.4) is 0 Å². The van der Waals surface area contributed by atoms with E-state index in [4.69, 9.17) is 33.7 Å². The quantitative estimate of drug-likeness (QED) is 0.286. The third kappa shape index (κ3) is 5.12. The summed E-state index contributed by atoms with van der Waals surface area (Å²) in [4.78, 5) is 26.1. The lowest BCUT2D eigenvalue weighted by Gasteiger charge is -2.36. The van der Waals surface area contributed by atoms with Gasteiger partial charge in [0.2, 0.25) is 0 Å². The van der Waals surface area contributed by atoms with Crippen molar-refractivity contribution in [2.45, 2.75) is 15.8 Å². The molecule has 39 heavy (non-hydrogen) atoms. The van der Waals surface area contributed by atoms with E-state index in [-0.39, 0.29) is 23.0 Å². The maximum Gasteiger partial charge on any atom is 0.409 e. The fourth-order valence-corrected chi connectivity index (χ4v) is 6.50. The first-order valence-electron chi connectivity index (χ1n) is 12.6. The maximum absolute atomic E-state index is 13.0. The molecule has 6 rings (SSSR count). The van der Waals surface area contributed by atoms with Gasteiger partial charge in [0.1, 0.15) is 16.8 Å². The Morgan fingerprint density at radius 2 is 1.62 bits per heavy atom. The topological polar surface area (TPSA) is 84.6 Å². The van der Waals surface area contributed by atoms with E-state index >= 15 is 0 Å². The van der Waals surface area contributed by atoms with Gasteiger partial charge >= 0.3 is 6.09 Å². The highest BCUT2D eigenvalue weighted by Crippen LogP contribution is 2.44. The van der Waals surface area contributed by atoms with Gasteiger partial charge in [-0.1, -0.05) is 89.6 Å². The van der Waals surface area contributed by atoms with Crippen molar-refractivity contribution >= 4 is 52.6 Å². The molecule has 2 N–H and O–H groups in total. The normalized spacial score (nSPS) is 14.7. The number of fused-ring (bicyclic) bond motifs is 3. The highest BCUT2D eigenvalue weighted by atomic mass is 35.5. The van der Waals surface area contributed by atoms with Crippen molar-refractivity contribution in [2.24, 2.45) is 0 Å². The van der Waals surface area contributed by atoms with Gasteiger partial charge in [0, 0.05) is 37.0 Å². The number of piperazine rings is 1. The number of amides is 1. The van der Waals surface area contributed by atoms with E-state index in [0.29, 0.717) is 42.8 Å². The number of carbonyl (C=O) groups is 1. The number of nitrogens with zero attached hydrogens (tertiary/aromatic N) is 4. The summed E-state index contributed by atoms with van der Waals surface area (Å²) in [6, 6.07) is 22.5. The number of aromatic nitrogens is 2. The highest BCUT2D eigenvalue weighted by Gasteiger charge is 2.30. The van der Waals surface area contributed by atoms with Crippen molar-refractivity contribution in [1.82, 2.24) is 14.9 Å². The lowest BCUT2D eigenvalue weighted by molar-refractivity contribution is 0.0977. The van der Waals surface area contributed by atoms with Gasteiger partial charge in [0.25, 0.3) is 0 Å². The number of hydrogen-bond acceptors (Lipinski definition) is 7.